The Morgan fingerprint density at radius 1 is 0.776 bits per heavy atom. The van der Waals surface area contributed by atoms with Gasteiger partial charge in [0.1, 0.15) is 16.9 Å². The molecule has 0 radical (unpaired) electrons. The number of alkyl halides is 2. The number of benzene rings is 1. The minimum absolute atomic E-state index is 0.0921. The maximum Gasteiger partial charge on any atom is 0.351 e. The van der Waals surface area contributed by atoms with E-state index in [1.165, 1.54) is 6.07 Å². The van der Waals surface area contributed by atoms with Crippen LogP contribution in [0.3, 0.4) is 0 Å². The van der Waals surface area contributed by atoms with Gasteiger partial charge in [-0.2, -0.15) is 0 Å². The van der Waals surface area contributed by atoms with Crippen molar-refractivity contribution in [3.63, 3.8) is 0 Å². The van der Waals surface area contributed by atoms with Gasteiger partial charge in [-0.1, -0.05) is 59.6 Å². The smallest absolute Gasteiger partial charge is 0.351 e. The molecule has 4 bridgehead atoms. The number of hydrogen-bond acceptors (Lipinski definition) is 11. The minimum atomic E-state index is -1.62. The number of fused-ring (bicyclic) bond motifs is 7. The SMILES string of the molecule is Cc1cc(=O)oc2c3c(c(C(Br)Br)cc12)OC(C)(C)[C@H](OC(=O)C12CCC(C)(C(=O)O1)C2(C)C)[C@@H]3OC(=O)C12CCC(C)(C(=O)O1)C2(C)C. The second-order valence-corrected chi connectivity index (χ2v) is 19.4. The Bertz CT molecular complexity index is 1940. The zero-order valence-electron chi connectivity index (χ0n) is 29.0. The van der Waals surface area contributed by atoms with E-state index in [4.69, 9.17) is 28.1 Å². The van der Waals surface area contributed by atoms with Crippen molar-refractivity contribution in [1.29, 1.82) is 0 Å². The summed E-state index contributed by atoms with van der Waals surface area (Å²) in [6, 6.07) is 3.16. The number of aryl methyl sites for hydroxylation is 1. The van der Waals surface area contributed by atoms with Crippen LogP contribution >= 0.6 is 31.9 Å². The molecule has 11 nitrogen and oxygen atoms in total. The lowest BCUT2D eigenvalue weighted by molar-refractivity contribution is -0.217. The Hall–Kier alpha value is -2.93. The van der Waals surface area contributed by atoms with Crippen molar-refractivity contribution in [3.05, 3.63) is 39.2 Å². The molecule has 0 spiro atoms. The highest BCUT2D eigenvalue weighted by molar-refractivity contribution is 9.24. The van der Waals surface area contributed by atoms with E-state index in [1.54, 1.807) is 34.6 Å². The third-order valence-corrected chi connectivity index (χ3v) is 14.4. The Morgan fingerprint density at radius 2 is 1.29 bits per heavy atom. The largest absolute Gasteiger partial charge is 0.483 e. The van der Waals surface area contributed by atoms with E-state index in [2.05, 4.69) is 31.9 Å². The van der Waals surface area contributed by atoms with E-state index in [9.17, 15) is 24.0 Å². The number of esters is 4. The van der Waals surface area contributed by atoms with E-state index in [1.807, 2.05) is 33.8 Å². The average molecular weight is 809 g/mol. The first-order chi connectivity index (χ1) is 22.5. The zero-order valence-corrected chi connectivity index (χ0v) is 32.1. The molecule has 264 valence electrons. The van der Waals surface area contributed by atoms with Crippen molar-refractivity contribution < 1.29 is 47.3 Å². The van der Waals surface area contributed by atoms with Crippen LogP contribution in [0.1, 0.15) is 108 Å². The topological polar surface area (TPSA) is 145 Å². The molecule has 1 aromatic carbocycles. The number of carbonyl (C=O) groups is 4. The maximum absolute atomic E-state index is 14.6. The highest BCUT2D eigenvalue weighted by atomic mass is 79.9. The first kappa shape index (κ1) is 34.5. The molecule has 3 aliphatic heterocycles. The molecule has 0 N–H and O–H groups in total. The first-order valence-corrected chi connectivity index (χ1v) is 18.3. The fraction of sp³-hybridized carbons (Fsp3) is 0.639. The van der Waals surface area contributed by atoms with Crippen LogP contribution in [-0.4, -0.2) is 46.8 Å². The van der Waals surface area contributed by atoms with Gasteiger partial charge in [0.05, 0.1) is 20.1 Å². The van der Waals surface area contributed by atoms with Crippen molar-refractivity contribution in [2.45, 2.75) is 121 Å². The van der Waals surface area contributed by atoms with Gasteiger partial charge in [0.25, 0.3) is 0 Å². The molecule has 5 aliphatic rings. The third kappa shape index (κ3) is 4.03. The summed E-state index contributed by atoms with van der Waals surface area (Å²) in [5.74, 6) is -2.32. The van der Waals surface area contributed by atoms with Crippen LogP contribution in [0.15, 0.2) is 21.3 Å². The molecule has 2 saturated carbocycles. The van der Waals surface area contributed by atoms with Crippen molar-refractivity contribution >= 4 is 66.7 Å². The molecule has 2 saturated heterocycles. The van der Waals surface area contributed by atoms with Crippen LogP contribution < -0.4 is 10.4 Å². The van der Waals surface area contributed by atoms with Crippen molar-refractivity contribution in [2.75, 3.05) is 0 Å². The predicted molar refractivity (Wildman–Crippen MR) is 181 cm³/mol. The highest BCUT2D eigenvalue weighted by Crippen LogP contribution is 2.68. The summed E-state index contributed by atoms with van der Waals surface area (Å²) in [6.07, 6.45) is -1.43. The summed E-state index contributed by atoms with van der Waals surface area (Å²) in [7, 11) is 0. The molecule has 4 heterocycles. The van der Waals surface area contributed by atoms with Gasteiger partial charge in [0.15, 0.2) is 12.2 Å². The van der Waals surface area contributed by atoms with Gasteiger partial charge in [0, 0.05) is 27.8 Å². The third-order valence-electron chi connectivity index (χ3n) is 13.4. The number of rotatable bonds is 5. The van der Waals surface area contributed by atoms with Crippen LogP contribution in [0.4, 0.5) is 0 Å². The first-order valence-electron chi connectivity index (χ1n) is 16.5. The van der Waals surface area contributed by atoms with Crippen molar-refractivity contribution in [3.8, 4) is 5.75 Å². The van der Waals surface area contributed by atoms with Gasteiger partial charge in [-0.3, -0.25) is 9.59 Å². The lowest BCUT2D eigenvalue weighted by atomic mass is 9.66. The van der Waals surface area contributed by atoms with E-state index < -0.39 is 83.9 Å². The Kier molecular flexibility index (Phi) is 7.12. The Labute approximate surface area is 300 Å². The van der Waals surface area contributed by atoms with Crippen molar-refractivity contribution in [1.82, 2.24) is 0 Å². The van der Waals surface area contributed by atoms with E-state index in [0.29, 0.717) is 29.4 Å². The highest BCUT2D eigenvalue weighted by Gasteiger charge is 2.78. The molecule has 4 fully saturated rings. The molecule has 1 aromatic heterocycles. The van der Waals surface area contributed by atoms with Crippen LogP contribution in [0, 0.1) is 28.6 Å². The zero-order chi connectivity index (χ0) is 36.1. The monoisotopic (exact) mass is 806 g/mol. The van der Waals surface area contributed by atoms with Gasteiger partial charge in [-0.25, -0.2) is 14.4 Å². The molecular formula is C36H40Br2O11. The summed E-state index contributed by atoms with van der Waals surface area (Å²) >= 11 is 7.18. The molecule has 7 rings (SSSR count). The average Bonchev–Trinajstić information content (AvgIpc) is 3.46. The van der Waals surface area contributed by atoms with E-state index in [-0.39, 0.29) is 29.7 Å². The number of ether oxygens (including phenoxy) is 5. The van der Waals surface area contributed by atoms with Gasteiger partial charge < -0.3 is 28.1 Å². The van der Waals surface area contributed by atoms with Crippen LogP contribution in [0.25, 0.3) is 11.0 Å². The lowest BCUT2D eigenvalue weighted by Gasteiger charge is -2.46. The lowest BCUT2D eigenvalue weighted by Crippen LogP contribution is -2.58. The number of hydrogen-bond donors (Lipinski definition) is 0. The molecule has 49 heavy (non-hydrogen) atoms. The number of carbonyl (C=O) groups excluding carboxylic acids is 4. The molecule has 0 amide bonds. The van der Waals surface area contributed by atoms with Gasteiger partial charge in [-0.05, 0) is 71.9 Å². The molecule has 13 heteroatoms. The summed E-state index contributed by atoms with van der Waals surface area (Å²) in [4.78, 5) is 68.3. The molecule has 4 unspecified atom stereocenters. The summed E-state index contributed by atoms with van der Waals surface area (Å²) in [5, 5.41) is 0.543. The standard InChI is InChI=1S/C36H40Br2O11/c1-16-14-19(39)44-21-17(16)15-18(25(37)38)22-20(21)23(45-28(42)35-12-10-33(8,26(40)48-35)31(35,4)5)24(30(2,3)47-22)46-29(43)36-13-11-34(9,27(41)49-36)32(36,6)7/h14-15,23-25H,10-13H2,1-9H3/t23-,24-,33?,34?,35?,36?/m1/s1. The van der Waals surface area contributed by atoms with Gasteiger partial charge >= 0.3 is 29.5 Å². The fourth-order valence-electron chi connectivity index (χ4n) is 9.00. The van der Waals surface area contributed by atoms with E-state index >= 15 is 0 Å². The van der Waals surface area contributed by atoms with E-state index in [0.717, 1.165) is 0 Å². The Morgan fingerprint density at radius 3 is 1.73 bits per heavy atom. The Balaban J connectivity index is 1.42. The van der Waals surface area contributed by atoms with Crippen LogP contribution in [0.2, 0.25) is 0 Å². The normalized spacial score (nSPS) is 35.9. The van der Waals surface area contributed by atoms with Crippen LogP contribution in [0.5, 0.6) is 5.75 Å². The molecule has 2 aromatic rings. The summed E-state index contributed by atoms with van der Waals surface area (Å²) < 4.78 is 36.6. The quantitative estimate of drug-likeness (QED) is 0.136. The molecule has 6 atom stereocenters. The fourth-order valence-corrected chi connectivity index (χ4v) is 9.68. The summed E-state index contributed by atoms with van der Waals surface area (Å²) in [5.41, 5.74) is -7.42. The van der Waals surface area contributed by atoms with Gasteiger partial charge in [0.2, 0.25) is 11.2 Å². The predicted octanol–water partition coefficient (Wildman–Crippen LogP) is 6.80. The molecular weight excluding hydrogens is 768 g/mol. The maximum atomic E-state index is 14.6. The van der Waals surface area contributed by atoms with Crippen LogP contribution in [-0.2, 0) is 38.1 Å². The minimum Gasteiger partial charge on any atom is -0.483 e. The van der Waals surface area contributed by atoms with Gasteiger partial charge in [-0.15, -0.1) is 0 Å². The second kappa shape index (κ2) is 10.1. The summed E-state index contributed by atoms with van der Waals surface area (Å²) in [6.45, 7) is 16.0. The number of halogens is 2. The molecule has 2 aliphatic carbocycles. The van der Waals surface area contributed by atoms with Crippen molar-refractivity contribution in [2.24, 2.45) is 21.7 Å². The second-order valence-electron chi connectivity index (χ2n) is 16.3.